The summed E-state index contributed by atoms with van der Waals surface area (Å²) in [6, 6.07) is 12.2. The predicted molar refractivity (Wildman–Crippen MR) is 124 cm³/mol. The third-order valence-electron chi connectivity index (χ3n) is 4.99. The minimum atomic E-state index is -0.472. The summed E-state index contributed by atoms with van der Waals surface area (Å²) in [5, 5.41) is 9.61. The second kappa shape index (κ2) is 9.27. The Labute approximate surface area is 189 Å². The second-order valence-corrected chi connectivity index (χ2v) is 8.46. The Balaban J connectivity index is 1.65. The highest BCUT2D eigenvalue weighted by Crippen LogP contribution is 2.35. The molecule has 9 heteroatoms. The number of aromatic nitrogens is 1. The van der Waals surface area contributed by atoms with Crippen molar-refractivity contribution < 1.29 is 14.3 Å². The van der Waals surface area contributed by atoms with Gasteiger partial charge in [0.25, 0.3) is 5.91 Å². The smallest absolute Gasteiger partial charge is 0.350 e. The SMILES string of the molecule is CCOC(=O)c1sc(Nc2cc(C(=O)NC3CC3)ccc2C)nc1-c1ccc(N=O)cc1. The molecular weight excluding hydrogens is 428 g/mol. The standard InChI is InChI=1S/C23H22N4O4S/c1-3-31-22(29)20-19(14-6-8-17(27-30)9-7-14)26-23(32-20)25-18-12-15(5-4-13(18)2)21(28)24-16-10-11-16/h4-9,12,16H,3,10-11H2,1-2H3,(H,24,28)(H,25,26). The fourth-order valence-electron chi connectivity index (χ4n) is 3.09. The van der Waals surface area contributed by atoms with Crippen molar-refractivity contribution in [1.82, 2.24) is 10.3 Å². The van der Waals surface area contributed by atoms with E-state index in [0.717, 1.165) is 24.1 Å². The lowest BCUT2D eigenvalue weighted by molar-refractivity contribution is 0.0532. The van der Waals surface area contributed by atoms with Crippen molar-refractivity contribution >= 4 is 39.7 Å². The number of thiazole rings is 1. The van der Waals surface area contributed by atoms with E-state index in [9.17, 15) is 14.5 Å². The zero-order valence-corrected chi connectivity index (χ0v) is 18.5. The predicted octanol–water partition coefficient (Wildman–Crippen LogP) is 5.33. The van der Waals surface area contributed by atoms with E-state index in [-0.39, 0.29) is 24.2 Å². The molecule has 0 bridgehead atoms. The van der Waals surface area contributed by atoms with E-state index in [0.29, 0.717) is 26.8 Å². The van der Waals surface area contributed by atoms with Crippen LogP contribution in [0.1, 0.15) is 45.4 Å². The normalized spacial score (nSPS) is 12.8. The van der Waals surface area contributed by atoms with Crippen molar-refractivity contribution in [2.75, 3.05) is 11.9 Å². The summed E-state index contributed by atoms with van der Waals surface area (Å²) in [5.41, 5.74) is 3.63. The summed E-state index contributed by atoms with van der Waals surface area (Å²) in [4.78, 5) is 40.6. The number of carbonyl (C=O) groups excluding carboxylic acids is 2. The van der Waals surface area contributed by atoms with Gasteiger partial charge in [-0.25, -0.2) is 9.78 Å². The Morgan fingerprint density at radius 3 is 2.59 bits per heavy atom. The highest BCUT2D eigenvalue weighted by atomic mass is 32.1. The van der Waals surface area contributed by atoms with Crippen LogP contribution in [0.5, 0.6) is 0 Å². The maximum Gasteiger partial charge on any atom is 0.350 e. The maximum atomic E-state index is 12.5. The molecule has 1 heterocycles. The van der Waals surface area contributed by atoms with E-state index in [4.69, 9.17) is 4.74 Å². The van der Waals surface area contributed by atoms with Gasteiger partial charge in [0.1, 0.15) is 10.6 Å². The first-order chi connectivity index (χ1) is 15.5. The van der Waals surface area contributed by atoms with Crippen LogP contribution in [0.2, 0.25) is 0 Å². The number of aryl methyl sites for hydroxylation is 1. The number of benzene rings is 2. The van der Waals surface area contributed by atoms with E-state index in [1.165, 1.54) is 11.3 Å². The number of hydrogen-bond acceptors (Lipinski definition) is 8. The number of amides is 1. The fourth-order valence-corrected chi connectivity index (χ4v) is 3.99. The average molecular weight is 451 g/mol. The van der Waals surface area contributed by atoms with Gasteiger partial charge in [-0.05, 0) is 61.7 Å². The topological polar surface area (TPSA) is 110 Å². The van der Waals surface area contributed by atoms with E-state index in [2.05, 4.69) is 20.8 Å². The molecule has 1 aromatic heterocycles. The monoisotopic (exact) mass is 450 g/mol. The summed E-state index contributed by atoms with van der Waals surface area (Å²) in [5.74, 6) is -0.577. The Morgan fingerprint density at radius 1 is 1.19 bits per heavy atom. The van der Waals surface area contributed by atoms with Gasteiger partial charge in [-0.2, -0.15) is 0 Å². The molecule has 2 N–H and O–H groups in total. The first-order valence-corrected chi connectivity index (χ1v) is 11.1. The molecule has 1 aliphatic carbocycles. The van der Waals surface area contributed by atoms with Gasteiger partial charge in [-0.15, -0.1) is 4.91 Å². The van der Waals surface area contributed by atoms with Gasteiger partial charge in [0.2, 0.25) is 0 Å². The number of nitrogens with one attached hydrogen (secondary N) is 2. The zero-order chi connectivity index (χ0) is 22.7. The van der Waals surface area contributed by atoms with Crippen LogP contribution < -0.4 is 10.6 Å². The van der Waals surface area contributed by atoms with Gasteiger partial charge in [0, 0.05) is 22.9 Å². The van der Waals surface area contributed by atoms with Crippen LogP contribution in [0.3, 0.4) is 0 Å². The first kappa shape index (κ1) is 21.6. The van der Waals surface area contributed by atoms with Crippen molar-refractivity contribution in [2.24, 2.45) is 5.18 Å². The molecule has 1 aliphatic rings. The lowest BCUT2D eigenvalue weighted by Crippen LogP contribution is -2.25. The minimum absolute atomic E-state index is 0.105. The molecule has 1 fully saturated rings. The van der Waals surface area contributed by atoms with Crippen LogP contribution in [-0.2, 0) is 4.74 Å². The summed E-state index contributed by atoms with van der Waals surface area (Å²) >= 11 is 1.17. The van der Waals surface area contributed by atoms with E-state index >= 15 is 0 Å². The summed E-state index contributed by atoms with van der Waals surface area (Å²) in [6.07, 6.45) is 2.04. The molecule has 0 aliphatic heterocycles. The van der Waals surface area contributed by atoms with Crippen LogP contribution in [0.25, 0.3) is 11.3 Å². The number of esters is 1. The van der Waals surface area contributed by atoms with Gasteiger partial charge in [-0.1, -0.05) is 29.5 Å². The number of nitroso groups, excluding NO2 is 1. The first-order valence-electron chi connectivity index (χ1n) is 10.3. The molecule has 0 radical (unpaired) electrons. The number of hydrogen-bond donors (Lipinski definition) is 2. The van der Waals surface area contributed by atoms with Crippen molar-refractivity contribution in [3.8, 4) is 11.3 Å². The molecule has 2 aromatic carbocycles. The summed E-state index contributed by atoms with van der Waals surface area (Å²) in [7, 11) is 0. The number of carbonyl (C=O) groups is 2. The number of ether oxygens (including phenoxy) is 1. The third kappa shape index (κ3) is 4.83. The number of nitrogens with zero attached hydrogens (tertiary/aromatic N) is 2. The second-order valence-electron chi connectivity index (χ2n) is 7.46. The zero-order valence-electron chi connectivity index (χ0n) is 17.7. The van der Waals surface area contributed by atoms with Crippen LogP contribution in [-0.4, -0.2) is 29.5 Å². The Bertz CT molecular complexity index is 1170. The number of anilines is 2. The molecule has 32 heavy (non-hydrogen) atoms. The highest BCUT2D eigenvalue weighted by Gasteiger charge is 2.24. The molecule has 0 saturated heterocycles. The highest BCUT2D eigenvalue weighted by molar-refractivity contribution is 7.18. The number of rotatable bonds is 8. The molecule has 0 atom stereocenters. The maximum absolute atomic E-state index is 12.5. The Kier molecular flexibility index (Phi) is 6.27. The largest absolute Gasteiger partial charge is 0.462 e. The minimum Gasteiger partial charge on any atom is -0.462 e. The Morgan fingerprint density at radius 2 is 1.94 bits per heavy atom. The van der Waals surface area contributed by atoms with Crippen molar-refractivity contribution in [3.63, 3.8) is 0 Å². The van der Waals surface area contributed by atoms with Crippen LogP contribution in [0.15, 0.2) is 47.6 Å². The van der Waals surface area contributed by atoms with Gasteiger partial charge < -0.3 is 15.4 Å². The molecule has 3 aromatic rings. The van der Waals surface area contributed by atoms with E-state index in [1.807, 2.05) is 13.0 Å². The molecular formula is C23H22N4O4S. The summed E-state index contributed by atoms with van der Waals surface area (Å²) in [6.45, 7) is 3.91. The molecule has 164 valence electrons. The van der Waals surface area contributed by atoms with Gasteiger partial charge in [-0.3, -0.25) is 4.79 Å². The molecule has 1 saturated carbocycles. The Hall–Kier alpha value is -3.59. The molecule has 0 spiro atoms. The molecule has 1 amide bonds. The van der Waals surface area contributed by atoms with E-state index < -0.39 is 5.97 Å². The molecule has 4 rings (SSSR count). The van der Waals surface area contributed by atoms with Gasteiger partial charge in [0.05, 0.1) is 12.3 Å². The van der Waals surface area contributed by atoms with Gasteiger partial charge >= 0.3 is 5.97 Å². The van der Waals surface area contributed by atoms with Crippen LogP contribution >= 0.6 is 11.3 Å². The van der Waals surface area contributed by atoms with E-state index in [1.54, 1.807) is 43.3 Å². The lowest BCUT2D eigenvalue weighted by Gasteiger charge is -2.10. The van der Waals surface area contributed by atoms with Crippen molar-refractivity contribution in [3.05, 3.63) is 63.4 Å². The fraction of sp³-hybridized carbons (Fsp3) is 0.261. The van der Waals surface area contributed by atoms with Crippen LogP contribution in [0, 0.1) is 11.8 Å². The lowest BCUT2D eigenvalue weighted by atomic mass is 10.1. The molecule has 8 nitrogen and oxygen atoms in total. The third-order valence-corrected chi connectivity index (χ3v) is 5.94. The van der Waals surface area contributed by atoms with Crippen LogP contribution in [0.4, 0.5) is 16.5 Å². The van der Waals surface area contributed by atoms with Crippen molar-refractivity contribution in [2.45, 2.75) is 32.7 Å². The summed E-state index contributed by atoms with van der Waals surface area (Å²) < 4.78 is 5.20. The molecule has 0 unspecified atom stereocenters. The average Bonchev–Trinajstić information content (AvgIpc) is 3.51. The quantitative estimate of drug-likeness (QED) is 0.355. The van der Waals surface area contributed by atoms with Crippen molar-refractivity contribution in [1.29, 1.82) is 0 Å². The van der Waals surface area contributed by atoms with Gasteiger partial charge in [0.15, 0.2) is 5.13 Å².